The van der Waals surface area contributed by atoms with Crippen LogP contribution in [0.1, 0.15) is 26.3 Å². The van der Waals surface area contributed by atoms with Crippen LogP contribution < -0.4 is 5.32 Å². The van der Waals surface area contributed by atoms with Crippen molar-refractivity contribution >= 4 is 40.6 Å². The molecule has 31 heavy (non-hydrogen) atoms. The number of esters is 1. The first-order chi connectivity index (χ1) is 14.8. The number of amides is 1. The molecule has 0 aliphatic heterocycles. The van der Waals surface area contributed by atoms with E-state index < -0.39 is 23.4 Å². The molecule has 3 aromatic carbocycles. The van der Waals surface area contributed by atoms with Gasteiger partial charge in [-0.15, -0.1) is 0 Å². The van der Waals surface area contributed by atoms with Gasteiger partial charge >= 0.3 is 5.97 Å². The highest BCUT2D eigenvalue weighted by Gasteiger charge is 2.15. The molecular formula is C22H15ClN2O6. The number of nitro benzene ring substituents is 1. The van der Waals surface area contributed by atoms with E-state index in [1.165, 1.54) is 36.4 Å². The van der Waals surface area contributed by atoms with Gasteiger partial charge in [-0.2, -0.15) is 0 Å². The normalized spacial score (nSPS) is 10.2. The third kappa shape index (κ3) is 5.52. The number of ketones is 1. The molecule has 0 bridgehead atoms. The number of nitrogens with one attached hydrogen (secondary N) is 1. The molecule has 0 aliphatic carbocycles. The minimum absolute atomic E-state index is 0.0208. The lowest BCUT2D eigenvalue weighted by Gasteiger charge is -2.08. The van der Waals surface area contributed by atoms with Gasteiger partial charge in [0.05, 0.1) is 21.2 Å². The minimum Gasteiger partial charge on any atom is -0.452 e. The van der Waals surface area contributed by atoms with Crippen LogP contribution in [0.15, 0.2) is 72.8 Å². The number of nitrogens with zero attached hydrogens (tertiary/aromatic N) is 1. The summed E-state index contributed by atoms with van der Waals surface area (Å²) in [6.07, 6.45) is 0. The molecule has 3 aromatic rings. The number of ether oxygens (including phenoxy) is 1. The summed E-state index contributed by atoms with van der Waals surface area (Å²) in [5, 5.41) is 13.1. The van der Waals surface area contributed by atoms with Gasteiger partial charge in [0.1, 0.15) is 0 Å². The van der Waals surface area contributed by atoms with E-state index in [4.69, 9.17) is 16.3 Å². The van der Waals surface area contributed by atoms with Crippen LogP contribution >= 0.6 is 11.6 Å². The van der Waals surface area contributed by atoms with Crippen molar-refractivity contribution in [1.82, 2.24) is 0 Å². The van der Waals surface area contributed by atoms with Crippen molar-refractivity contribution in [3.8, 4) is 0 Å². The Morgan fingerprint density at radius 3 is 2.13 bits per heavy atom. The molecule has 0 saturated heterocycles. The minimum atomic E-state index is -0.747. The maximum atomic E-state index is 12.4. The summed E-state index contributed by atoms with van der Waals surface area (Å²) >= 11 is 5.91. The Morgan fingerprint density at radius 2 is 1.52 bits per heavy atom. The van der Waals surface area contributed by atoms with Crippen LogP contribution in [0, 0.1) is 10.1 Å². The van der Waals surface area contributed by atoms with Crippen molar-refractivity contribution in [3.63, 3.8) is 0 Å². The third-order valence-corrected chi connectivity index (χ3v) is 4.50. The number of carbonyl (C=O) groups is 3. The molecule has 3 rings (SSSR count). The number of anilines is 1. The zero-order valence-corrected chi connectivity index (χ0v) is 16.7. The molecule has 0 heterocycles. The van der Waals surface area contributed by atoms with Gasteiger partial charge in [-0.05, 0) is 18.2 Å². The van der Waals surface area contributed by atoms with Crippen molar-refractivity contribution in [2.75, 3.05) is 11.9 Å². The van der Waals surface area contributed by atoms with Gasteiger partial charge in [-0.3, -0.25) is 19.7 Å². The Balaban J connectivity index is 1.56. The fourth-order valence-electron chi connectivity index (χ4n) is 2.63. The zero-order chi connectivity index (χ0) is 22.4. The van der Waals surface area contributed by atoms with Crippen molar-refractivity contribution in [1.29, 1.82) is 0 Å². The highest BCUT2D eigenvalue weighted by atomic mass is 35.5. The molecule has 1 N–H and O–H groups in total. The van der Waals surface area contributed by atoms with E-state index in [-0.39, 0.29) is 27.7 Å². The number of rotatable bonds is 7. The van der Waals surface area contributed by atoms with Crippen LogP contribution in [0.2, 0.25) is 5.02 Å². The largest absolute Gasteiger partial charge is 0.452 e. The van der Waals surface area contributed by atoms with E-state index in [1.807, 2.05) is 6.07 Å². The van der Waals surface area contributed by atoms with Crippen LogP contribution in [0.3, 0.4) is 0 Å². The number of hydrogen-bond acceptors (Lipinski definition) is 6. The summed E-state index contributed by atoms with van der Waals surface area (Å²) in [4.78, 5) is 46.6. The molecule has 0 unspecified atom stereocenters. The predicted molar refractivity (Wildman–Crippen MR) is 113 cm³/mol. The monoisotopic (exact) mass is 438 g/mol. The van der Waals surface area contributed by atoms with Gasteiger partial charge in [-0.1, -0.05) is 54.1 Å². The van der Waals surface area contributed by atoms with Crippen LogP contribution in [0.25, 0.3) is 0 Å². The second-order valence-corrected chi connectivity index (χ2v) is 6.73. The first kappa shape index (κ1) is 21.7. The summed E-state index contributed by atoms with van der Waals surface area (Å²) in [6, 6.07) is 18.2. The van der Waals surface area contributed by atoms with E-state index >= 15 is 0 Å². The average molecular weight is 439 g/mol. The lowest BCUT2D eigenvalue weighted by atomic mass is 10.0. The maximum Gasteiger partial charge on any atom is 0.338 e. The highest BCUT2D eigenvalue weighted by Crippen LogP contribution is 2.26. The Labute approximate surface area is 181 Å². The van der Waals surface area contributed by atoms with Crippen LogP contribution in [0.5, 0.6) is 0 Å². The van der Waals surface area contributed by atoms with Gasteiger partial charge < -0.3 is 10.1 Å². The molecule has 0 saturated carbocycles. The third-order valence-electron chi connectivity index (χ3n) is 4.19. The SMILES string of the molecule is O=C(COC(=O)c1ccc(C(=O)c2ccccc2)cc1)Nc1ccc([N+](=O)[O-])cc1Cl. The Kier molecular flexibility index (Phi) is 6.74. The second kappa shape index (κ2) is 9.64. The average Bonchev–Trinajstić information content (AvgIpc) is 2.79. The van der Waals surface area contributed by atoms with Crippen LogP contribution in [-0.2, 0) is 9.53 Å². The second-order valence-electron chi connectivity index (χ2n) is 6.32. The van der Waals surface area contributed by atoms with Crippen molar-refractivity contribution in [2.45, 2.75) is 0 Å². The van der Waals surface area contributed by atoms with Crippen molar-refractivity contribution < 1.29 is 24.0 Å². The fourth-order valence-corrected chi connectivity index (χ4v) is 2.86. The van der Waals surface area contributed by atoms with E-state index in [2.05, 4.69) is 5.32 Å². The maximum absolute atomic E-state index is 12.4. The molecule has 0 atom stereocenters. The first-order valence-electron chi connectivity index (χ1n) is 8.96. The molecule has 0 spiro atoms. The zero-order valence-electron chi connectivity index (χ0n) is 15.9. The number of nitro groups is 1. The number of benzene rings is 3. The summed E-state index contributed by atoms with van der Waals surface area (Å²) in [5.74, 6) is -1.59. The molecule has 156 valence electrons. The van der Waals surface area contributed by atoms with E-state index in [9.17, 15) is 24.5 Å². The Hall–Kier alpha value is -4.04. The molecule has 8 nitrogen and oxygen atoms in total. The molecule has 0 aliphatic rings. The van der Waals surface area contributed by atoms with E-state index in [1.54, 1.807) is 24.3 Å². The number of hydrogen-bond donors (Lipinski definition) is 1. The Morgan fingerprint density at radius 1 is 0.903 bits per heavy atom. The molecule has 1 amide bonds. The van der Waals surface area contributed by atoms with Crippen molar-refractivity contribution in [2.24, 2.45) is 0 Å². The lowest BCUT2D eigenvalue weighted by Crippen LogP contribution is -2.21. The summed E-state index contributed by atoms with van der Waals surface area (Å²) in [6.45, 7) is -0.586. The van der Waals surface area contributed by atoms with E-state index in [0.29, 0.717) is 11.1 Å². The number of carbonyl (C=O) groups excluding carboxylic acids is 3. The summed E-state index contributed by atoms with van der Waals surface area (Å²) < 4.78 is 4.96. The Bertz CT molecular complexity index is 1150. The fraction of sp³-hybridized carbons (Fsp3) is 0.0455. The lowest BCUT2D eigenvalue weighted by molar-refractivity contribution is -0.384. The summed E-state index contributed by atoms with van der Waals surface area (Å²) in [7, 11) is 0. The van der Waals surface area contributed by atoms with Gasteiger partial charge in [0.25, 0.3) is 11.6 Å². The van der Waals surface area contributed by atoms with E-state index in [0.717, 1.165) is 6.07 Å². The van der Waals surface area contributed by atoms with Gasteiger partial charge in [0.2, 0.25) is 0 Å². The van der Waals surface area contributed by atoms with Gasteiger partial charge in [0.15, 0.2) is 12.4 Å². The smallest absolute Gasteiger partial charge is 0.338 e. The standard InChI is InChI=1S/C22H15ClN2O6/c23-18-12-17(25(29)30)10-11-19(18)24-20(26)13-31-22(28)16-8-6-15(7-9-16)21(27)14-4-2-1-3-5-14/h1-12H,13H2,(H,24,26). The summed E-state index contributed by atoms with van der Waals surface area (Å²) in [5.41, 5.74) is 1.04. The molecular weight excluding hydrogens is 424 g/mol. The van der Waals surface area contributed by atoms with Crippen LogP contribution in [-0.4, -0.2) is 29.2 Å². The quantitative estimate of drug-likeness (QED) is 0.255. The van der Waals surface area contributed by atoms with Gasteiger partial charge in [0, 0.05) is 23.3 Å². The molecule has 0 fully saturated rings. The molecule has 0 aromatic heterocycles. The topological polar surface area (TPSA) is 116 Å². The molecule has 0 radical (unpaired) electrons. The van der Waals surface area contributed by atoms with Crippen molar-refractivity contribution in [3.05, 3.63) is 105 Å². The number of non-ortho nitro benzene ring substituents is 1. The first-order valence-corrected chi connectivity index (χ1v) is 9.33. The predicted octanol–water partition coefficient (Wildman–Crippen LogP) is 4.27. The van der Waals surface area contributed by atoms with Crippen LogP contribution in [0.4, 0.5) is 11.4 Å². The number of halogens is 1. The van der Waals surface area contributed by atoms with Gasteiger partial charge in [-0.25, -0.2) is 4.79 Å². The molecule has 9 heteroatoms. The highest BCUT2D eigenvalue weighted by molar-refractivity contribution is 6.34.